The zero-order valence-electron chi connectivity index (χ0n) is 14.6. The van der Waals surface area contributed by atoms with E-state index in [1.54, 1.807) is 42.5 Å². The summed E-state index contributed by atoms with van der Waals surface area (Å²) in [6, 6.07) is 6.29. The smallest absolute Gasteiger partial charge is 0.269 e. The van der Waals surface area contributed by atoms with Crippen LogP contribution in [0.25, 0.3) is 11.1 Å². The number of nitrogens with one attached hydrogen (secondary N) is 1. The molecule has 2 aromatic heterocycles. The Bertz CT molecular complexity index is 921. The summed E-state index contributed by atoms with van der Waals surface area (Å²) in [5.41, 5.74) is 1.63. The van der Waals surface area contributed by atoms with Gasteiger partial charge >= 0.3 is 0 Å². The standard InChI is InChI=1S/C17H18N6O3/c1-11(2)26-16-10-18-9-15(20-16)21-17-14(8-19-22(17)3)12-4-6-13(7-5-12)23(24)25/h4-11H,1-3H3,(H,20,21). The van der Waals surface area contributed by atoms with E-state index >= 15 is 0 Å². The normalized spacial score (nSPS) is 10.8. The third-order valence-electron chi connectivity index (χ3n) is 3.54. The van der Waals surface area contributed by atoms with E-state index in [0.29, 0.717) is 17.5 Å². The maximum absolute atomic E-state index is 10.8. The number of aromatic nitrogens is 4. The lowest BCUT2D eigenvalue weighted by Crippen LogP contribution is -2.08. The average Bonchev–Trinajstić information content (AvgIpc) is 2.95. The summed E-state index contributed by atoms with van der Waals surface area (Å²) in [5, 5.41) is 18.3. The summed E-state index contributed by atoms with van der Waals surface area (Å²) in [6.07, 6.45) is 4.81. The molecule has 0 atom stereocenters. The number of rotatable bonds is 6. The van der Waals surface area contributed by atoms with E-state index in [2.05, 4.69) is 20.4 Å². The highest BCUT2D eigenvalue weighted by molar-refractivity contribution is 5.78. The lowest BCUT2D eigenvalue weighted by atomic mass is 10.1. The fraction of sp³-hybridized carbons (Fsp3) is 0.235. The predicted octanol–water partition coefficient (Wildman–Crippen LogP) is 3.32. The zero-order chi connectivity index (χ0) is 18.7. The number of non-ortho nitro benzene ring substituents is 1. The molecule has 0 bridgehead atoms. The fourth-order valence-electron chi connectivity index (χ4n) is 2.39. The molecular weight excluding hydrogens is 336 g/mol. The first kappa shape index (κ1) is 17.3. The van der Waals surface area contributed by atoms with Gasteiger partial charge in [0.05, 0.1) is 29.6 Å². The topological polar surface area (TPSA) is 108 Å². The second-order valence-corrected chi connectivity index (χ2v) is 5.87. The van der Waals surface area contributed by atoms with Gasteiger partial charge < -0.3 is 10.1 Å². The first-order chi connectivity index (χ1) is 12.4. The maximum atomic E-state index is 10.8. The summed E-state index contributed by atoms with van der Waals surface area (Å²) in [5.74, 6) is 1.62. The van der Waals surface area contributed by atoms with Gasteiger partial charge in [0.2, 0.25) is 5.88 Å². The summed E-state index contributed by atoms with van der Waals surface area (Å²) in [4.78, 5) is 18.9. The first-order valence-electron chi connectivity index (χ1n) is 7.96. The minimum atomic E-state index is -0.429. The molecule has 9 heteroatoms. The molecule has 0 fully saturated rings. The van der Waals surface area contributed by atoms with Crippen LogP contribution < -0.4 is 10.1 Å². The zero-order valence-corrected chi connectivity index (χ0v) is 14.6. The van der Waals surface area contributed by atoms with Crippen LogP contribution in [0.2, 0.25) is 0 Å². The molecule has 3 rings (SSSR count). The van der Waals surface area contributed by atoms with Crippen molar-refractivity contribution in [1.82, 2.24) is 19.7 Å². The van der Waals surface area contributed by atoms with Crippen molar-refractivity contribution in [3.05, 3.63) is 53.0 Å². The van der Waals surface area contributed by atoms with E-state index in [1.165, 1.54) is 12.1 Å². The lowest BCUT2D eigenvalue weighted by molar-refractivity contribution is -0.384. The van der Waals surface area contributed by atoms with Gasteiger partial charge in [-0.25, -0.2) is 0 Å². The minimum absolute atomic E-state index is 0.00748. The molecule has 2 heterocycles. The maximum Gasteiger partial charge on any atom is 0.269 e. The van der Waals surface area contributed by atoms with Crippen LogP contribution in [0.15, 0.2) is 42.9 Å². The van der Waals surface area contributed by atoms with Crippen molar-refractivity contribution in [2.75, 3.05) is 5.32 Å². The minimum Gasteiger partial charge on any atom is -0.474 e. The highest BCUT2D eigenvalue weighted by atomic mass is 16.6. The average molecular weight is 354 g/mol. The van der Waals surface area contributed by atoms with Crippen molar-refractivity contribution in [2.45, 2.75) is 20.0 Å². The number of nitrogens with zero attached hydrogens (tertiary/aromatic N) is 5. The van der Waals surface area contributed by atoms with Gasteiger partial charge in [-0.05, 0) is 31.5 Å². The molecule has 1 N–H and O–H groups in total. The Morgan fingerprint density at radius 1 is 1.19 bits per heavy atom. The molecule has 26 heavy (non-hydrogen) atoms. The van der Waals surface area contributed by atoms with Gasteiger partial charge in [0.15, 0.2) is 5.82 Å². The van der Waals surface area contributed by atoms with Crippen molar-refractivity contribution in [3.63, 3.8) is 0 Å². The third kappa shape index (κ3) is 3.77. The van der Waals surface area contributed by atoms with Crippen molar-refractivity contribution in [2.24, 2.45) is 7.05 Å². The molecule has 0 unspecified atom stereocenters. The largest absolute Gasteiger partial charge is 0.474 e. The molecular formula is C17H18N6O3. The summed E-state index contributed by atoms with van der Waals surface area (Å²) < 4.78 is 7.22. The summed E-state index contributed by atoms with van der Waals surface area (Å²) in [7, 11) is 1.79. The molecule has 0 aliphatic heterocycles. The number of hydrogen-bond donors (Lipinski definition) is 1. The van der Waals surface area contributed by atoms with Crippen LogP contribution in [-0.2, 0) is 7.05 Å². The molecule has 0 aliphatic rings. The molecule has 0 radical (unpaired) electrons. The highest BCUT2D eigenvalue weighted by Crippen LogP contribution is 2.30. The van der Waals surface area contributed by atoms with E-state index in [4.69, 9.17) is 4.74 Å². The van der Waals surface area contributed by atoms with E-state index in [9.17, 15) is 10.1 Å². The number of nitro groups is 1. The monoisotopic (exact) mass is 354 g/mol. The van der Waals surface area contributed by atoms with Crippen molar-refractivity contribution in [1.29, 1.82) is 0 Å². The fourth-order valence-corrected chi connectivity index (χ4v) is 2.39. The van der Waals surface area contributed by atoms with Crippen LogP contribution in [0.5, 0.6) is 5.88 Å². The number of hydrogen-bond acceptors (Lipinski definition) is 7. The van der Waals surface area contributed by atoms with Gasteiger partial charge in [0, 0.05) is 24.7 Å². The van der Waals surface area contributed by atoms with Gasteiger partial charge in [0.25, 0.3) is 5.69 Å². The number of benzene rings is 1. The molecule has 1 aromatic carbocycles. The Balaban J connectivity index is 1.90. The van der Waals surface area contributed by atoms with E-state index in [-0.39, 0.29) is 11.8 Å². The molecule has 3 aromatic rings. The molecule has 0 spiro atoms. The van der Waals surface area contributed by atoms with Crippen molar-refractivity contribution in [3.8, 4) is 17.0 Å². The van der Waals surface area contributed by atoms with Gasteiger partial charge in [-0.2, -0.15) is 10.1 Å². The van der Waals surface area contributed by atoms with Gasteiger partial charge in [-0.1, -0.05) is 0 Å². The molecule has 134 valence electrons. The first-order valence-corrected chi connectivity index (χ1v) is 7.96. The van der Waals surface area contributed by atoms with Crippen LogP contribution in [0.3, 0.4) is 0 Å². The number of ether oxygens (including phenoxy) is 1. The number of aryl methyl sites for hydroxylation is 1. The van der Waals surface area contributed by atoms with Gasteiger partial charge in [0.1, 0.15) is 5.82 Å². The number of nitro benzene ring substituents is 1. The van der Waals surface area contributed by atoms with E-state index < -0.39 is 4.92 Å². The van der Waals surface area contributed by atoms with E-state index in [0.717, 1.165) is 11.1 Å². The SMILES string of the molecule is CC(C)Oc1cncc(Nc2c(-c3ccc([N+](=O)[O-])cc3)cnn2C)n1. The van der Waals surface area contributed by atoms with Gasteiger partial charge in [-0.15, -0.1) is 0 Å². The Kier molecular flexibility index (Phi) is 4.78. The van der Waals surface area contributed by atoms with Crippen LogP contribution in [0.1, 0.15) is 13.8 Å². The molecule has 9 nitrogen and oxygen atoms in total. The van der Waals surface area contributed by atoms with Crippen molar-refractivity contribution >= 4 is 17.3 Å². The predicted molar refractivity (Wildman–Crippen MR) is 96.4 cm³/mol. The third-order valence-corrected chi connectivity index (χ3v) is 3.54. The van der Waals surface area contributed by atoms with E-state index in [1.807, 2.05) is 13.8 Å². The van der Waals surface area contributed by atoms with Crippen LogP contribution in [-0.4, -0.2) is 30.8 Å². The highest BCUT2D eigenvalue weighted by Gasteiger charge is 2.14. The van der Waals surface area contributed by atoms with Crippen LogP contribution in [0, 0.1) is 10.1 Å². The Hall–Kier alpha value is -3.49. The number of anilines is 2. The second kappa shape index (κ2) is 7.18. The van der Waals surface area contributed by atoms with Crippen molar-refractivity contribution < 1.29 is 9.66 Å². The Morgan fingerprint density at radius 2 is 1.92 bits per heavy atom. The van der Waals surface area contributed by atoms with Gasteiger partial charge in [-0.3, -0.25) is 19.8 Å². The lowest BCUT2D eigenvalue weighted by Gasteiger charge is -2.11. The molecule has 0 saturated carbocycles. The quantitative estimate of drug-likeness (QED) is 0.534. The Morgan fingerprint density at radius 3 is 2.58 bits per heavy atom. The second-order valence-electron chi connectivity index (χ2n) is 5.87. The summed E-state index contributed by atoms with van der Waals surface area (Å²) >= 11 is 0. The van der Waals surface area contributed by atoms with Crippen LogP contribution >= 0.6 is 0 Å². The molecule has 0 saturated heterocycles. The molecule has 0 aliphatic carbocycles. The Labute approximate surface area is 149 Å². The summed E-state index contributed by atoms with van der Waals surface area (Å²) in [6.45, 7) is 3.82. The van der Waals surface area contributed by atoms with Crippen LogP contribution in [0.4, 0.5) is 17.3 Å². The molecule has 0 amide bonds.